The number of thiazole rings is 1. The van der Waals surface area contributed by atoms with E-state index in [1.54, 1.807) is 48.8 Å². The van der Waals surface area contributed by atoms with Gasteiger partial charge in [-0.1, -0.05) is 30.3 Å². The molecule has 0 saturated carbocycles. The van der Waals surface area contributed by atoms with Gasteiger partial charge in [-0.3, -0.25) is 4.98 Å². The Bertz CT molecular complexity index is 1510. The van der Waals surface area contributed by atoms with E-state index in [2.05, 4.69) is 14.7 Å². The Morgan fingerprint density at radius 2 is 1.75 bits per heavy atom. The lowest BCUT2D eigenvalue weighted by Gasteiger charge is -2.06. The van der Waals surface area contributed by atoms with E-state index >= 15 is 0 Å². The summed E-state index contributed by atoms with van der Waals surface area (Å²) in [6.07, 6.45) is 3.49. The van der Waals surface area contributed by atoms with Gasteiger partial charge in [0.15, 0.2) is 11.0 Å². The third kappa shape index (κ3) is 4.09. The number of nitrogens with one attached hydrogen (secondary N) is 1. The van der Waals surface area contributed by atoms with Gasteiger partial charge in [-0.2, -0.15) is 0 Å². The molecule has 3 aromatic heterocycles. The predicted octanol–water partition coefficient (Wildman–Crippen LogP) is 5.39. The lowest BCUT2D eigenvalue weighted by Crippen LogP contribution is -2.03. The average Bonchev–Trinajstić information content (AvgIpc) is 3.48. The molecule has 0 fully saturated rings. The number of pyridine rings is 1. The Morgan fingerprint density at radius 3 is 2.56 bits per heavy atom. The standard InChI is InChI=1S/C22H15N3O3S4/c26-31(20-9-10-21(30-20)32(27,28)17-7-2-1-3-8-17)25-16-6-4-5-15(13-16)22-24-18-11-12-23-14-19(18)29-22/h1-14,25H. The smallest absolute Gasteiger partial charge is 0.215 e. The summed E-state index contributed by atoms with van der Waals surface area (Å²) in [5, 5.41) is 0.842. The van der Waals surface area contributed by atoms with Crippen LogP contribution in [0.15, 0.2) is 98.5 Å². The maximum Gasteiger partial charge on any atom is 0.215 e. The molecule has 0 spiro atoms. The van der Waals surface area contributed by atoms with Gasteiger partial charge in [0, 0.05) is 23.6 Å². The largest absolute Gasteiger partial charge is 0.300 e. The molecule has 32 heavy (non-hydrogen) atoms. The van der Waals surface area contributed by atoms with E-state index in [1.165, 1.54) is 17.4 Å². The lowest BCUT2D eigenvalue weighted by molar-refractivity contribution is 0.598. The highest BCUT2D eigenvalue weighted by molar-refractivity contribution is 7.94. The number of benzene rings is 2. The molecule has 0 radical (unpaired) electrons. The van der Waals surface area contributed by atoms with Crippen molar-refractivity contribution in [2.24, 2.45) is 0 Å². The molecular formula is C22H15N3O3S4. The molecule has 6 nitrogen and oxygen atoms in total. The van der Waals surface area contributed by atoms with Crippen LogP contribution in [-0.2, 0) is 20.8 Å². The highest BCUT2D eigenvalue weighted by Crippen LogP contribution is 2.32. The van der Waals surface area contributed by atoms with Gasteiger partial charge in [-0.25, -0.2) is 17.6 Å². The zero-order chi connectivity index (χ0) is 22.1. The van der Waals surface area contributed by atoms with E-state index < -0.39 is 20.8 Å². The van der Waals surface area contributed by atoms with Gasteiger partial charge in [-0.15, -0.1) is 22.7 Å². The van der Waals surface area contributed by atoms with Crippen LogP contribution in [0.5, 0.6) is 0 Å². The van der Waals surface area contributed by atoms with Crippen molar-refractivity contribution in [1.29, 1.82) is 0 Å². The number of sulfone groups is 1. The van der Waals surface area contributed by atoms with E-state index in [9.17, 15) is 12.6 Å². The molecule has 2 aromatic carbocycles. The number of hydrogen-bond donors (Lipinski definition) is 1. The minimum Gasteiger partial charge on any atom is -0.300 e. The van der Waals surface area contributed by atoms with Gasteiger partial charge in [0.25, 0.3) is 0 Å². The Balaban J connectivity index is 1.37. The summed E-state index contributed by atoms with van der Waals surface area (Å²) in [6.45, 7) is 0. The quantitative estimate of drug-likeness (QED) is 0.340. The van der Waals surface area contributed by atoms with Crippen LogP contribution in [0.4, 0.5) is 5.69 Å². The van der Waals surface area contributed by atoms with E-state index in [0.717, 1.165) is 32.1 Å². The van der Waals surface area contributed by atoms with Crippen LogP contribution in [-0.4, -0.2) is 22.6 Å². The van der Waals surface area contributed by atoms with Gasteiger partial charge in [-0.05, 0) is 42.5 Å². The fraction of sp³-hybridized carbons (Fsp3) is 0. The maximum absolute atomic E-state index is 12.9. The molecule has 5 aromatic rings. The van der Waals surface area contributed by atoms with Gasteiger partial charge in [0.2, 0.25) is 9.84 Å². The normalized spacial score (nSPS) is 12.6. The first-order chi connectivity index (χ1) is 15.5. The zero-order valence-electron chi connectivity index (χ0n) is 16.3. The summed E-state index contributed by atoms with van der Waals surface area (Å²) in [5.74, 6) is 0. The van der Waals surface area contributed by atoms with E-state index in [0.29, 0.717) is 9.90 Å². The zero-order valence-corrected chi connectivity index (χ0v) is 19.6. The summed E-state index contributed by atoms with van der Waals surface area (Å²) >= 11 is 2.53. The number of anilines is 1. The third-order valence-corrected chi connectivity index (χ3v) is 10.4. The molecular weight excluding hydrogens is 483 g/mol. The molecule has 1 unspecified atom stereocenters. The van der Waals surface area contributed by atoms with Crippen molar-refractivity contribution in [1.82, 2.24) is 9.97 Å². The molecule has 0 saturated heterocycles. The summed E-state index contributed by atoms with van der Waals surface area (Å²) in [4.78, 5) is 8.97. The van der Waals surface area contributed by atoms with Crippen molar-refractivity contribution in [2.45, 2.75) is 13.3 Å². The summed E-state index contributed by atoms with van der Waals surface area (Å²) in [5.41, 5.74) is 2.43. The first-order valence-corrected chi connectivity index (χ1v) is 13.7. The molecule has 0 aliphatic heterocycles. The van der Waals surface area contributed by atoms with Crippen LogP contribution < -0.4 is 4.72 Å². The molecule has 1 N–H and O–H groups in total. The fourth-order valence-corrected chi connectivity index (χ4v) is 7.92. The summed E-state index contributed by atoms with van der Waals surface area (Å²) < 4.78 is 43.0. The molecule has 5 rings (SSSR count). The number of rotatable bonds is 6. The molecule has 1 atom stereocenters. The molecule has 0 aliphatic carbocycles. The number of nitrogens with zero attached hydrogens (tertiary/aromatic N) is 2. The van der Waals surface area contributed by atoms with Crippen LogP contribution in [0, 0.1) is 0 Å². The van der Waals surface area contributed by atoms with E-state index in [4.69, 9.17) is 0 Å². The Morgan fingerprint density at radius 1 is 0.906 bits per heavy atom. The number of thiophene rings is 1. The minimum atomic E-state index is -3.64. The second-order valence-corrected chi connectivity index (χ2v) is 12.4. The van der Waals surface area contributed by atoms with Crippen LogP contribution >= 0.6 is 22.7 Å². The highest BCUT2D eigenvalue weighted by atomic mass is 32.3. The summed E-state index contributed by atoms with van der Waals surface area (Å²) in [7, 11) is -5.24. The van der Waals surface area contributed by atoms with E-state index in [-0.39, 0.29) is 9.10 Å². The van der Waals surface area contributed by atoms with Crippen LogP contribution in [0.3, 0.4) is 0 Å². The first-order valence-electron chi connectivity index (χ1n) is 9.40. The lowest BCUT2D eigenvalue weighted by atomic mass is 10.2. The SMILES string of the molecule is O=S(Nc1cccc(-c2nc3ccncc3s2)c1)c1ccc(S(=O)(=O)c2ccccc2)s1. The van der Waals surface area contributed by atoms with Crippen molar-refractivity contribution in [3.63, 3.8) is 0 Å². The second-order valence-electron chi connectivity index (χ2n) is 6.70. The van der Waals surface area contributed by atoms with Crippen molar-refractivity contribution in [3.8, 4) is 10.6 Å². The van der Waals surface area contributed by atoms with Crippen LogP contribution in [0.2, 0.25) is 0 Å². The minimum absolute atomic E-state index is 0.158. The molecule has 0 amide bonds. The monoisotopic (exact) mass is 497 g/mol. The van der Waals surface area contributed by atoms with Crippen molar-refractivity contribution in [2.75, 3.05) is 4.72 Å². The van der Waals surface area contributed by atoms with Gasteiger partial charge < -0.3 is 4.72 Å². The van der Waals surface area contributed by atoms with Gasteiger partial charge >= 0.3 is 0 Å². The first kappa shape index (κ1) is 21.0. The van der Waals surface area contributed by atoms with E-state index in [1.807, 2.05) is 30.3 Å². The van der Waals surface area contributed by atoms with Crippen molar-refractivity contribution in [3.05, 3.63) is 85.2 Å². The van der Waals surface area contributed by atoms with Crippen molar-refractivity contribution < 1.29 is 12.6 Å². The molecule has 10 heteroatoms. The second kappa shape index (κ2) is 8.55. The van der Waals surface area contributed by atoms with Crippen LogP contribution in [0.1, 0.15) is 0 Å². The fourth-order valence-electron chi connectivity index (χ4n) is 3.04. The number of hydrogen-bond acceptors (Lipinski definition) is 7. The summed E-state index contributed by atoms with van der Waals surface area (Å²) in [6, 6.07) is 20.6. The number of aromatic nitrogens is 2. The Kier molecular flexibility index (Phi) is 5.60. The molecule has 0 bridgehead atoms. The van der Waals surface area contributed by atoms with Crippen molar-refractivity contribution >= 4 is 59.4 Å². The Labute approximate surface area is 195 Å². The predicted molar refractivity (Wildman–Crippen MR) is 129 cm³/mol. The van der Waals surface area contributed by atoms with Gasteiger partial charge in [0.1, 0.15) is 13.4 Å². The maximum atomic E-state index is 12.9. The topological polar surface area (TPSA) is 89.0 Å². The Hall–Kier alpha value is -2.92. The van der Waals surface area contributed by atoms with Crippen LogP contribution in [0.25, 0.3) is 20.8 Å². The van der Waals surface area contributed by atoms with Gasteiger partial charge in [0.05, 0.1) is 15.1 Å². The average molecular weight is 498 g/mol. The molecule has 0 aliphatic rings. The third-order valence-electron chi connectivity index (χ3n) is 4.57. The number of fused-ring (bicyclic) bond motifs is 1. The molecule has 3 heterocycles. The molecule has 160 valence electrons. The highest BCUT2D eigenvalue weighted by Gasteiger charge is 2.21.